The maximum absolute atomic E-state index is 12.5. The van der Waals surface area contributed by atoms with Gasteiger partial charge in [-0.3, -0.25) is 9.36 Å². The molecule has 134 valence electrons. The molecule has 3 rings (SSSR count). The molecule has 0 spiro atoms. The highest BCUT2D eigenvalue weighted by atomic mass is 16.2. The van der Waals surface area contributed by atoms with Crippen LogP contribution in [0.1, 0.15) is 29.9 Å². The number of amides is 1. The van der Waals surface area contributed by atoms with Crippen molar-refractivity contribution in [3.8, 4) is 5.69 Å². The van der Waals surface area contributed by atoms with Gasteiger partial charge in [-0.05, 0) is 44.5 Å². The average Bonchev–Trinajstić information content (AvgIpc) is 3.12. The Morgan fingerprint density at radius 2 is 2.00 bits per heavy atom. The summed E-state index contributed by atoms with van der Waals surface area (Å²) in [6.07, 6.45) is 3.56. The maximum Gasteiger partial charge on any atom is 0.348 e. The molecule has 0 bridgehead atoms. The topological polar surface area (TPSA) is 81.8 Å². The molecule has 1 N–H and O–H groups in total. The minimum absolute atomic E-state index is 0.0633. The molecule has 0 radical (unpaired) electrons. The van der Waals surface area contributed by atoms with Crippen LogP contribution in [0.25, 0.3) is 5.69 Å². The molecule has 2 heterocycles. The maximum atomic E-state index is 12.5. The molecular formula is C19H21N5O2. The van der Waals surface area contributed by atoms with E-state index in [0.717, 1.165) is 11.3 Å². The standard InChI is InChI=1S/C19H21N5O2/c1-13-11-14(2)23(19(26)21-13)12-18(25)22-15(3)16-7-4-5-8-17(16)24-10-6-9-20-24/h4-11,15H,12H2,1-3H3,(H,22,25)/t15-/m1/s1. The van der Waals surface area contributed by atoms with Crippen LogP contribution in [0.15, 0.2) is 53.6 Å². The van der Waals surface area contributed by atoms with Gasteiger partial charge in [0.15, 0.2) is 0 Å². The minimum atomic E-state index is -0.415. The van der Waals surface area contributed by atoms with Gasteiger partial charge in [0, 0.05) is 23.8 Å². The number of carbonyl (C=O) groups excluding carboxylic acids is 1. The summed E-state index contributed by atoms with van der Waals surface area (Å²) >= 11 is 0. The number of benzene rings is 1. The molecule has 1 atom stereocenters. The van der Waals surface area contributed by atoms with Crippen LogP contribution in [0, 0.1) is 13.8 Å². The predicted octanol–water partition coefficient (Wildman–Crippen LogP) is 1.92. The molecule has 0 fully saturated rings. The van der Waals surface area contributed by atoms with E-state index in [1.165, 1.54) is 4.57 Å². The van der Waals surface area contributed by atoms with E-state index in [2.05, 4.69) is 15.4 Å². The fraction of sp³-hybridized carbons (Fsp3) is 0.263. The van der Waals surface area contributed by atoms with Crippen LogP contribution in [0.3, 0.4) is 0 Å². The lowest BCUT2D eigenvalue weighted by molar-refractivity contribution is -0.122. The Morgan fingerprint density at radius 3 is 2.69 bits per heavy atom. The highest BCUT2D eigenvalue weighted by molar-refractivity contribution is 5.76. The molecule has 7 heteroatoms. The van der Waals surface area contributed by atoms with Gasteiger partial charge in [0.2, 0.25) is 5.91 Å². The summed E-state index contributed by atoms with van der Waals surface area (Å²) in [5.74, 6) is -0.247. The smallest absolute Gasteiger partial charge is 0.348 e. The first-order valence-corrected chi connectivity index (χ1v) is 8.39. The Morgan fingerprint density at radius 1 is 1.23 bits per heavy atom. The Bertz CT molecular complexity index is 976. The lowest BCUT2D eigenvalue weighted by Gasteiger charge is -2.19. The summed E-state index contributed by atoms with van der Waals surface area (Å²) in [6.45, 7) is 5.39. The summed E-state index contributed by atoms with van der Waals surface area (Å²) in [5, 5.41) is 7.21. The van der Waals surface area contributed by atoms with Gasteiger partial charge >= 0.3 is 5.69 Å². The van der Waals surface area contributed by atoms with E-state index in [1.54, 1.807) is 30.8 Å². The zero-order valence-corrected chi connectivity index (χ0v) is 15.0. The first-order valence-electron chi connectivity index (χ1n) is 8.39. The number of nitrogens with zero attached hydrogens (tertiary/aromatic N) is 4. The molecule has 0 unspecified atom stereocenters. The zero-order chi connectivity index (χ0) is 18.7. The van der Waals surface area contributed by atoms with E-state index in [9.17, 15) is 9.59 Å². The summed E-state index contributed by atoms with van der Waals surface area (Å²) in [6, 6.07) is 11.1. The number of nitrogens with one attached hydrogen (secondary N) is 1. The van der Waals surface area contributed by atoms with Crippen LogP contribution in [0.2, 0.25) is 0 Å². The monoisotopic (exact) mass is 351 g/mol. The Kier molecular flexibility index (Phi) is 4.97. The molecule has 1 amide bonds. The van der Waals surface area contributed by atoms with Crippen molar-refractivity contribution in [1.82, 2.24) is 24.6 Å². The number of carbonyl (C=O) groups is 1. The third kappa shape index (κ3) is 3.72. The molecule has 2 aromatic heterocycles. The minimum Gasteiger partial charge on any atom is -0.348 e. The van der Waals surface area contributed by atoms with E-state index < -0.39 is 5.69 Å². The predicted molar refractivity (Wildman–Crippen MR) is 98.1 cm³/mol. The lowest BCUT2D eigenvalue weighted by Crippen LogP contribution is -2.36. The van der Waals surface area contributed by atoms with Gasteiger partial charge in [0.05, 0.1) is 11.7 Å². The van der Waals surface area contributed by atoms with Gasteiger partial charge in [-0.1, -0.05) is 18.2 Å². The second-order valence-corrected chi connectivity index (χ2v) is 6.21. The van der Waals surface area contributed by atoms with Gasteiger partial charge < -0.3 is 5.32 Å². The number of hydrogen-bond donors (Lipinski definition) is 1. The number of rotatable bonds is 5. The van der Waals surface area contributed by atoms with Crippen LogP contribution in [0.4, 0.5) is 0 Å². The van der Waals surface area contributed by atoms with Crippen molar-refractivity contribution >= 4 is 5.91 Å². The largest absolute Gasteiger partial charge is 0.348 e. The lowest BCUT2D eigenvalue weighted by atomic mass is 10.1. The molecule has 0 aliphatic carbocycles. The van der Waals surface area contributed by atoms with Gasteiger partial charge in [-0.2, -0.15) is 10.1 Å². The third-order valence-corrected chi connectivity index (χ3v) is 4.18. The molecular weight excluding hydrogens is 330 g/mol. The van der Waals surface area contributed by atoms with E-state index in [1.807, 2.05) is 43.5 Å². The molecule has 0 aliphatic rings. The third-order valence-electron chi connectivity index (χ3n) is 4.18. The van der Waals surface area contributed by atoms with Gasteiger partial charge in [0.1, 0.15) is 6.54 Å². The van der Waals surface area contributed by atoms with Crippen molar-refractivity contribution in [2.24, 2.45) is 0 Å². The van der Waals surface area contributed by atoms with Gasteiger partial charge in [-0.15, -0.1) is 0 Å². The highest BCUT2D eigenvalue weighted by Crippen LogP contribution is 2.20. The van der Waals surface area contributed by atoms with Gasteiger partial charge in [-0.25, -0.2) is 9.48 Å². The van der Waals surface area contributed by atoms with Crippen LogP contribution < -0.4 is 11.0 Å². The van der Waals surface area contributed by atoms with E-state index in [4.69, 9.17) is 0 Å². The molecule has 1 aromatic carbocycles. The first kappa shape index (κ1) is 17.6. The van der Waals surface area contributed by atoms with Crippen molar-refractivity contribution in [2.75, 3.05) is 0 Å². The Labute approximate surface area is 151 Å². The van der Waals surface area contributed by atoms with E-state index in [0.29, 0.717) is 11.4 Å². The van der Waals surface area contributed by atoms with Crippen molar-refractivity contribution < 1.29 is 4.79 Å². The number of para-hydroxylation sites is 1. The molecule has 26 heavy (non-hydrogen) atoms. The van der Waals surface area contributed by atoms with Crippen LogP contribution in [-0.2, 0) is 11.3 Å². The Balaban J connectivity index is 1.78. The molecule has 3 aromatic rings. The van der Waals surface area contributed by atoms with E-state index >= 15 is 0 Å². The van der Waals surface area contributed by atoms with Crippen molar-refractivity contribution in [2.45, 2.75) is 33.4 Å². The van der Waals surface area contributed by atoms with Crippen LogP contribution in [0.5, 0.6) is 0 Å². The van der Waals surface area contributed by atoms with Crippen molar-refractivity contribution in [1.29, 1.82) is 0 Å². The van der Waals surface area contributed by atoms with Gasteiger partial charge in [0.25, 0.3) is 0 Å². The fourth-order valence-electron chi connectivity index (χ4n) is 2.95. The van der Waals surface area contributed by atoms with Crippen LogP contribution >= 0.6 is 0 Å². The second-order valence-electron chi connectivity index (χ2n) is 6.21. The fourth-order valence-corrected chi connectivity index (χ4v) is 2.95. The summed E-state index contributed by atoms with van der Waals surface area (Å²) in [7, 11) is 0. The summed E-state index contributed by atoms with van der Waals surface area (Å²) in [4.78, 5) is 28.4. The van der Waals surface area contributed by atoms with Crippen molar-refractivity contribution in [3.05, 3.63) is 76.2 Å². The number of hydrogen-bond acceptors (Lipinski definition) is 4. The summed E-state index contributed by atoms with van der Waals surface area (Å²) < 4.78 is 3.13. The van der Waals surface area contributed by atoms with E-state index in [-0.39, 0.29) is 18.5 Å². The molecule has 0 saturated heterocycles. The highest BCUT2D eigenvalue weighted by Gasteiger charge is 2.15. The molecule has 0 saturated carbocycles. The number of aromatic nitrogens is 4. The quantitative estimate of drug-likeness (QED) is 0.761. The Hall–Kier alpha value is -3.22. The number of aryl methyl sites for hydroxylation is 2. The van der Waals surface area contributed by atoms with Crippen molar-refractivity contribution in [3.63, 3.8) is 0 Å². The second kappa shape index (κ2) is 7.35. The first-order chi connectivity index (χ1) is 12.5. The SMILES string of the molecule is Cc1cc(C)n(CC(=O)N[C@H](C)c2ccccc2-n2cccn2)c(=O)n1. The molecule has 7 nitrogen and oxygen atoms in total. The normalized spacial score (nSPS) is 12.0. The summed E-state index contributed by atoms with van der Waals surface area (Å²) in [5.41, 5.74) is 2.78. The zero-order valence-electron chi connectivity index (χ0n) is 15.0. The molecule has 0 aliphatic heterocycles. The van der Waals surface area contributed by atoms with Crippen LogP contribution in [-0.4, -0.2) is 25.2 Å². The average molecular weight is 351 g/mol.